The summed E-state index contributed by atoms with van der Waals surface area (Å²) in [5.74, 6) is 1.68. The Hall–Kier alpha value is -1.15. The van der Waals surface area contributed by atoms with Gasteiger partial charge in [-0.15, -0.1) is 0 Å². The molecule has 0 amide bonds. The van der Waals surface area contributed by atoms with Gasteiger partial charge in [-0.05, 0) is 50.3 Å². The number of rotatable bonds is 8. The zero-order valence-electron chi connectivity index (χ0n) is 15.2. The predicted molar refractivity (Wildman–Crippen MR) is 98.0 cm³/mol. The second kappa shape index (κ2) is 9.22. The second-order valence-electron chi connectivity index (χ2n) is 7.43. The SMILES string of the molecule is CCCCC1CCN(CC(C)CC(=O)c2ccccc2C)CC1. The highest BCUT2D eigenvalue weighted by molar-refractivity contribution is 5.97. The van der Waals surface area contributed by atoms with Crippen molar-refractivity contribution in [3.05, 3.63) is 35.4 Å². The van der Waals surface area contributed by atoms with E-state index in [2.05, 4.69) is 18.7 Å². The van der Waals surface area contributed by atoms with Gasteiger partial charge < -0.3 is 4.90 Å². The molecule has 2 rings (SSSR count). The molecule has 0 bridgehead atoms. The summed E-state index contributed by atoms with van der Waals surface area (Å²) in [5.41, 5.74) is 2.00. The van der Waals surface area contributed by atoms with Crippen LogP contribution in [0.3, 0.4) is 0 Å². The number of likely N-dealkylation sites (tertiary alicyclic amines) is 1. The molecule has 0 saturated carbocycles. The lowest BCUT2D eigenvalue weighted by Crippen LogP contribution is -2.37. The minimum absolute atomic E-state index is 0.299. The third kappa shape index (κ3) is 5.76. The normalized spacial score (nSPS) is 18.0. The topological polar surface area (TPSA) is 20.3 Å². The third-order valence-corrected chi connectivity index (χ3v) is 5.22. The molecule has 0 aliphatic carbocycles. The molecule has 2 nitrogen and oxygen atoms in total. The Balaban J connectivity index is 1.74. The van der Waals surface area contributed by atoms with Gasteiger partial charge in [-0.25, -0.2) is 0 Å². The first-order chi connectivity index (χ1) is 11.1. The largest absolute Gasteiger partial charge is 0.303 e. The molecule has 1 atom stereocenters. The van der Waals surface area contributed by atoms with Crippen molar-refractivity contribution in [3.63, 3.8) is 0 Å². The highest BCUT2D eigenvalue weighted by Crippen LogP contribution is 2.24. The summed E-state index contributed by atoms with van der Waals surface area (Å²) in [7, 11) is 0. The molecular formula is C21H33NO. The van der Waals surface area contributed by atoms with E-state index in [-0.39, 0.29) is 0 Å². The van der Waals surface area contributed by atoms with Crippen LogP contribution in [-0.2, 0) is 0 Å². The maximum absolute atomic E-state index is 12.5. The lowest BCUT2D eigenvalue weighted by atomic mass is 9.90. The highest BCUT2D eigenvalue weighted by Gasteiger charge is 2.21. The molecule has 1 unspecified atom stereocenters. The minimum Gasteiger partial charge on any atom is -0.303 e. The zero-order chi connectivity index (χ0) is 16.7. The van der Waals surface area contributed by atoms with Gasteiger partial charge in [0, 0.05) is 18.5 Å². The Morgan fingerprint density at radius 2 is 1.96 bits per heavy atom. The number of hydrogen-bond acceptors (Lipinski definition) is 2. The molecule has 1 fully saturated rings. The molecule has 1 aliphatic rings. The predicted octanol–water partition coefficient (Wildman–Crippen LogP) is 5.11. The van der Waals surface area contributed by atoms with Crippen LogP contribution in [0, 0.1) is 18.8 Å². The standard InChI is InChI=1S/C21H33NO/c1-4-5-9-19-11-13-22(14-12-19)16-17(2)15-21(23)20-10-7-6-8-18(20)3/h6-8,10,17,19H,4-5,9,11-16H2,1-3H3. The van der Waals surface area contributed by atoms with Crippen molar-refractivity contribution in [2.75, 3.05) is 19.6 Å². The van der Waals surface area contributed by atoms with Gasteiger partial charge in [0.2, 0.25) is 0 Å². The zero-order valence-corrected chi connectivity index (χ0v) is 15.2. The Bertz CT molecular complexity index is 488. The number of benzene rings is 1. The smallest absolute Gasteiger partial charge is 0.163 e. The van der Waals surface area contributed by atoms with Crippen LogP contribution in [0.25, 0.3) is 0 Å². The summed E-state index contributed by atoms with van der Waals surface area (Å²) < 4.78 is 0. The lowest BCUT2D eigenvalue weighted by Gasteiger charge is -2.33. The van der Waals surface area contributed by atoms with E-state index in [0.717, 1.165) is 23.6 Å². The molecule has 23 heavy (non-hydrogen) atoms. The fourth-order valence-corrected chi connectivity index (χ4v) is 3.77. The Kier molecular flexibility index (Phi) is 7.29. The molecule has 1 heterocycles. The van der Waals surface area contributed by atoms with Crippen molar-refractivity contribution in [2.45, 2.75) is 59.3 Å². The van der Waals surface area contributed by atoms with Gasteiger partial charge in [-0.3, -0.25) is 4.79 Å². The summed E-state index contributed by atoms with van der Waals surface area (Å²) in [6.07, 6.45) is 7.47. The van der Waals surface area contributed by atoms with Gasteiger partial charge in [-0.2, -0.15) is 0 Å². The molecule has 2 heteroatoms. The summed E-state index contributed by atoms with van der Waals surface area (Å²) >= 11 is 0. The first-order valence-electron chi connectivity index (χ1n) is 9.41. The van der Waals surface area contributed by atoms with Crippen LogP contribution in [0.1, 0.15) is 68.3 Å². The van der Waals surface area contributed by atoms with Crippen LogP contribution in [-0.4, -0.2) is 30.3 Å². The average molecular weight is 316 g/mol. The first-order valence-corrected chi connectivity index (χ1v) is 9.41. The molecule has 0 radical (unpaired) electrons. The van der Waals surface area contributed by atoms with E-state index in [1.165, 1.54) is 45.2 Å². The van der Waals surface area contributed by atoms with E-state index in [0.29, 0.717) is 18.1 Å². The molecule has 1 saturated heterocycles. The fraction of sp³-hybridized carbons (Fsp3) is 0.667. The quantitative estimate of drug-likeness (QED) is 0.622. The van der Waals surface area contributed by atoms with Crippen LogP contribution in [0.2, 0.25) is 0 Å². The van der Waals surface area contributed by atoms with E-state index in [9.17, 15) is 4.79 Å². The van der Waals surface area contributed by atoms with Gasteiger partial charge in [0.25, 0.3) is 0 Å². The van der Waals surface area contributed by atoms with Gasteiger partial charge in [-0.1, -0.05) is 57.4 Å². The van der Waals surface area contributed by atoms with E-state index >= 15 is 0 Å². The van der Waals surface area contributed by atoms with Crippen LogP contribution in [0.5, 0.6) is 0 Å². The number of nitrogens with zero attached hydrogens (tertiary/aromatic N) is 1. The summed E-state index contributed by atoms with van der Waals surface area (Å²) in [4.78, 5) is 15.0. The number of ketones is 1. The molecule has 1 aromatic carbocycles. The van der Waals surface area contributed by atoms with Gasteiger partial charge >= 0.3 is 0 Å². The number of unbranched alkanes of at least 4 members (excludes halogenated alkanes) is 1. The molecule has 1 aromatic rings. The van der Waals surface area contributed by atoms with Crippen molar-refractivity contribution in [2.24, 2.45) is 11.8 Å². The monoisotopic (exact) mass is 315 g/mol. The molecular weight excluding hydrogens is 282 g/mol. The lowest BCUT2D eigenvalue weighted by molar-refractivity contribution is 0.0939. The van der Waals surface area contributed by atoms with Crippen molar-refractivity contribution >= 4 is 5.78 Å². The Labute approximate surface area is 142 Å². The van der Waals surface area contributed by atoms with Gasteiger partial charge in [0.1, 0.15) is 0 Å². The molecule has 0 spiro atoms. The highest BCUT2D eigenvalue weighted by atomic mass is 16.1. The molecule has 0 aromatic heterocycles. The first kappa shape index (κ1) is 18.2. The van der Waals surface area contributed by atoms with E-state index in [1.807, 2.05) is 31.2 Å². The van der Waals surface area contributed by atoms with E-state index < -0.39 is 0 Å². The number of carbonyl (C=O) groups excluding carboxylic acids is 1. The van der Waals surface area contributed by atoms with Crippen LogP contribution < -0.4 is 0 Å². The summed E-state index contributed by atoms with van der Waals surface area (Å²) in [6, 6.07) is 7.95. The van der Waals surface area contributed by atoms with Crippen molar-refractivity contribution < 1.29 is 4.79 Å². The Morgan fingerprint density at radius 3 is 2.61 bits per heavy atom. The Morgan fingerprint density at radius 1 is 1.26 bits per heavy atom. The van der Waals surface area contributed by atoms with Crippen molar-refractivity contribution in [3.8, 4) is 0 Å². The summed E-state index contributed by atoms with van der Waals surface area (Å²) in [6.45, 7) is 10.0. The fourth-order valence-electron chi connectivity index (χ4n) is 3.77. The van der Waals surface area contributed by atoms with Gasteiger partial charge in [0.05, 0.1) is 0 Å². The van der Waals surface area contributed by atoms with Crippen LogP contribution in [0.15, 0.2) is 24.3 Å². The van der Waals surface area contributed by atoms with Crippen LogP contribution in [0.4, 0.5) is 0 Å². The number of piperidine rings is 1. The maximum atomic E-state index is 12.5. The third-order valence-electron chi connectivity index (χ3n) is 5.22. The average Bonchev–Trinajstić information content (AvgIpc) is 2.54. The van der Waals surface area contributed by atoms with Gasteiger partial charge in [0.15, 0.2) is 5.78 Å². The maximum Gasteiger partial charge on any atom is 0.163 e. The molecule has 1 aliphatic heterocycles. The van der Waals surface area contributed by atoms with Crippen molar-refractivity contribution in [1.29, 1.82) is 0 Å². The second-order valence-corrected chi connectivity index (χ2v) is 7.43. The van der Waals surface area contributed by atoms with Crippen LogP contribution >= 0.6 is 0 Å². The minimum atomic E-state index is 0.299. The van der Waals surface area contributed by atoms with Crippen molar-refractivity contribution in [1.82, 2.24) is 4.90 Å². The number of hydrogen-bond donors (Lipinski definition) is 0. The number of aryl methyl sites for hydroxylation is 1. The van der Waals surface area contributed by atoms with E-state index in [1.54, 1.807) is 0 Å². The molecule has 128 valence electrons. The van der Waals surface area contributed by atoms with E-state index in [4.69, 9.17) is 0 Å². The molecule has 0 N–H and O–H groups in total. The number of carbonyl (C=O) groups is 1. The summed E-state index contributed by atoms with van der Waals surface area (Å²) in [5, 5.41) is 0. The number of Topliss-reactive ketones (excluding diaryl/α,β-unsaturated/α-hetero) is 1.